The first kappa shape index (κ1) is 10.7. The predicted molar refractivity (Wildman–Crippen MR) is 56.7 cm³/mol. The van der Waals surface area contributed by atoms with Crippen molar-refractivity contribution in [2.24, 2.45) is 5.73 Å². The number of likely N-dealkylation sites (N-methyl/N-ethyl adjacent to an activating group) is 1. The molecule has 0 unspecified atom stereocenters. The maximum Gasteiger partial charge on any atom is 0.0203 e. The Balaban J connectivity index is 2.21. The van der Waals surface area contributed by atoms with Crippen LogP contribution in [0.25, 0.3) is 0 Å². The summed E-state index contributed by atoms with van der Waals surface area (Å²) in [4.78, 5) is 4.91. The minimum atomic E-state index is 0.619. The average molecular weight is 183 g/mol. The standard InChI is InChI=1S/C10H21N3/c1-3-12-4-6-13(7-5-12)9-10(2)8-11/h2-9,11H2,1H3. The Morgan fingerprint density at radius 3 is 2.23 bits per heavy atom. The Labute approximate surface area is 81.2 Å². The summed E-state index contributed by atoms with van der Waals surface area (Å²) < 4.78 is 0. The molecule has 0 radical (unpaired) electrons. The zero-order chi connectivity index (χ0) is 9.68. The van der Waals surface area contributed by atoms with E-state index in [1.54, 1.807) is 0 Å². The summed E-state index contributed by atoms with van der Waals surface area (Å²) in [5, 5.41) is 0. The van der Waals surface area contributed by atoms with Crippen LogP contribution >= 0.6 is 0 Å². The summed E-state index contributed by atoms with van der Waals surface area (Å²) in [6.45, 7) is 13.6. The van der Waals surface area contributed by atoms with Crippen molar-refractivity contribution < 1.29 is 0 Å². The minimum Gasteiger partial charge on any atom is -0.327 e. The molecule has 1 fully saturated rings. The Hall–Kier alpha value is -0.380. The number of nitrogens with two attached hydrogens (primary N) is 1. The fourth-order valence-corrected chi connectivity index (χ4v) is 1.64. The van der Waals surface area contributed by atoms with Crippen LogP contribution in [0.4, 0.5) is 0 Å². The second-order valence-corrected chi connectivity index (χ2v) is 3.66. The normalized spacial score (nSPS) is 20.5. The fourth-order valence-electron chi connectivity index (χ4n) is 1.64. The van der Waals surface area contributed by atoms with Crippen LogP contribution in [0.15, 0.2) is 12.2 Å². The van der Waals surface area contributed by atoms with Crippen LogP contribution in [0.5, 0.6) is 0 Å². The highest BCUT2D eigenvalue weighted by Gasteiger charge is 2.14. The van der Waals surface area contributed by atoms with Gasteiger partial charge < -0.3 is 10.6 Å². The highest BCUT2D eigenvalue weighted by molar-refractivity contribution is 4.99. The summed E-state index contributed by atoms with van der Waals surface area (Å²) in [7, 11) is 0. The van der Waals surface area contributed by atoms with Crippen LogP contribution in [0.3, 0.4) is 0 Å². The maximum atomic E-state index is 5.51. The lowest BCUT2D eigenvalue weighted by atomic mass is 10.2. The Morgan fingerprint density at radius 2 is 1.77 bits per heavy atom. The Kier molecular flexibility index (Phi) is 4.42. The van der Waals surface area contributed by atoms with E-state index < -0.39 is 0 Å². The summed E-state index contributed by atoms with van der Waals surface area (Å²) in [6, 6.07) is 0. The van der Waals surface area contributed by atoms with Crippen LogP contribution in [0, 0.1) is 0 Å². The molecular formula is C10H21N3. The molecule has 0 spiro atoms. The van der Waals surface area contributed by atoms with Crippen molar-refractivity contribution in [2.45, 2.75) is 6.92 Å². The molecule has 76 valence electrons. The quantitative estimate of drug-likeness (QED) is 0.629. The topological polar surface area (TPSA) is 32.5 Å². The van der Waals surface area contributed by atoms with Crippen molar-refractivity contribution in [3.63, 3.8) is 0 Å². The molecule has 1 rings (SSSR count). The summed E-state index contributed by atoms with van der Waals surface area (Å²) >= 11 is 0. The van der Waals surface area contributed by atoms with Gasteiger partial charge in [0.1, 0.15) is 0 Å². The fraction of sp³-hybridized carbons (Fsp3) is 0.800. The molecule has 0 amide bonds. The van der Waals surface area contributed by atoms with Crippen LogP contribution in [-0.2, 0) is 0 Å². The van der Waals surface area contributed by atoms with Gasteiger partial charge in [-0.05, 0) is 12.1 Å². The van der Waals surface area contributed by atoms with E-state index >= 15 is 0 Å². The summed E-state index contributed by atoms with van der Waals surface area (Å²) in [5.74, 6) is 0. The first-order chi connectivity index (χ1) is 6.26. The third kappa shape index (κ3) is 3.46. The van der Waals surface area contributed by atoms with Crippen LogP contribution in [0.2, 0.25) is 0 Å². The molecular weight excluding hydrogens is 162 g/mol. The second kappa shape index (κ2) is 5.37. The van der Waals surface area contributed by atoms with E-state index in [0.717, 1.165) is 25.2 Å². The van der Waals surface area contributed by atoms with Crippen molar-refractivity contribution >= 4 is 0 Å². The first-order valence-electron chi connectivity index (χ1n) is 5.07. The van der Waals surface area contributed by atoms with E-state index in [1.807, 2.05) is 0 Å². The van der Waals surface area contributed by atoms with Crippen LogP contribution in [-0.4, -0.2) is 55.6 Å². The zero-order valence-electron chi connectivity index (χ0n) is 8.63. The van der Waals surface area contributed by atoms with Gasteiger partial charge in [-0.2, -0.15) is 0 Å². The number of piperazine rings is 1. The lowest BCUT2D eigenvalue weighted by molar-refractivity contribution is 0.145. The SMILES string of the molecule is C=C(CN)CN1CCN(CC)CC1. The molecule has 1 saturated heterocycles. The van der Waals surface area contributed by atoms with Gasteiger partial charge in [0.25, 0.3) is 0 Å². The lowest BCUT2D eigenvalue weighted by Crippen LogP contribution is -2.46. The molecule has 3 nitrogen and oxygen atoms in total. The van der Waals surface area contributed by atoms with E-state index in [9.17, 15) is 0 Å². The molecule has 0 atom stereocenters. The lowest BCUT2D eigenvalue weighted by Gasteiger charge is -2.34. The van der Waals surface area contributed by atoms with Crippen molar-refractivity contribution in [3.05, 3.63) is 12.2 Å². The van der Waals surface area contributed by atoms with Gasteiger partial charge in [0.15, 0.2) is 0 Å². The van der Waals surface area contributed by atoms with Gasteiger partial charge in [0, 0.05) is 39.3 Å². The smallest absolute Gasteiger partial charge is 0.0203 e. The molecule has 0 aromatic rings. The molecule has 3 heteroatoms. The Morgan fingerprint density at radius 1 is 1.23 bits per heavy atom. The van der Waals surface area contributed by atoms with Gasteiger partial charge in [0.2, 0.25) is 0 Å². The molecule has 1 heterocycles. The molecule has 1 aliphatic heterocycles. The molecule has 0 aromatic heterocycles. The molecule has 0 aliphatic carbocycles. The number of rotatable bonds is 4. The maximum absolute atomic E-state index is 5.51. The van der Waals surface area contributed by atoms with Crippen LogP contribution < -0.4 is 5.73 Å². The van der Waals surface area contributed by atoms with E-state index in [2.05, 4.69) is 23.3 Å². The van der Waals surface area contributed by atoms with Gasteiger partial charge in [-0.15, -0.1) is 0 Å². The average Bonchev–Trinajstić information content (AvgIpc) is 2.19. The predicted octanol–water partition coefficient (Wildman–Crippen LogP) is 0.139. The molecule has 0 bridgehead atoms. The van der Waals surface area contributed by atoms with Gasteiger partial charge >= 0.3 is 0 Å². The van der Waals surface area contributed by atoms with Crippen molar-refractivity contribution in [1.29, 1.82) is 0 Å². The molecule has 0 aromatic carbocycles. The number of hydrogen-bond donors (Lipinski definition) is 1. The van der Waals surface area contributed by atoms with Gasteiger partial charge in [-0.25, -0.2) is 0 Å². The van der Waals surface area contributed by atoms with Gasteiger partial charge in [0.05, 0.1) is 0 Å². The van der Waals surface area contributed by atoms with Crippen molar-refractivity contribution in [3.8, 4) is 0 Å². The second-order valence-electron chi connectivity index (χ2n) is 3.66. The third-order valence-electron chi connectivity index (χ3n) is 2.65. The van der Waals surface area contributed by atoms with E-state index in [-0.39, 0.29) is 0 Å². The summed E-state index contributed by atoms with van der Waals surface area (Å²) in [6.07, 6.45) is 0. The number of hydrogen-bond acceptors (Lipinski definition) is 3. The van der Waals surface area contributed by atoms with Gasteiger partial charge in [-0.1, -0.05) is 13.5 Å². The minimum absolute atomic E-state index is 0.619. The zero-order valence-corrected chi connectivity index (χ0v) is 8.63. The molecule has 1 aliphatic rings. The third-order valence-corrected chi connectivity index (χ3v) is 2.65. The molecule has 0 saturated carbocycles. The number of nitrogens with zero attached hydrogens (tertiary/aromatic N) is 2. The van der Waals surface area contributed by atoms with E-state index in [4.69, 9.17) is 5.73 Å². The van der Waals surface area contributed by atoms with Crippen molar-refractivity contribution in [2.75, 3.05) is 45.8 Å². The molecule has 13 heavy (non-hydrogen) atoms. The largest absolute Gasteiger partial charge is 0.327 e. The van der Waals surface area contributed by atoms with E-state index in [0.29, 0.717) is 6.54 Å². The van der Waals surface area contributed by atoms with Crippen molar-refractivity contribution in [1.82, 2.24) is 9.80 Å². The highest BCUT2D eigenvalue weighted by Crippen LogP contribution is 2.02. The monoisotopic (exact) mass is 183 g/mol. The van der Waals surface area contributed by atoms with Crippen LogP contribution in [0.1, 0.15) is 6.92 Å². The summed E-state index contributed by atoms with van der Waals surface area (Å²) in [5.41, 5.74) is 6.65. The first-order valence-corrected chi connectivity index (χ1v) is 5.07. The van der Waals surface area contributed by atoms with E-state index in [1.165, 1.54) is 19.6 Å². The van der Waals surface area contributed by atoms with Gasteiger partial charge in [-0.3, -0.25) is 4.90 Å². The highest BCUT2D eigenvalue weighted by atomic mass is 15.3. The molecule has 2 N–H and O–H groups in total. The Bertz CT molecular complexity index is 160.